The van der Waals surface area contributed by atoms with Gasteiger partial charge in [-0.05, 0) is 61.7 Å². The van der Waals surface area contributed by atoms with E-state index < -0.39 is 11.1 Å². The molecule has 2 aliphatic carbocycles. The molecule has 61 heavy (non-hydrogen) atoms. The minimum atomic E-state index is -1.03. The van der Waals surface area contributed by atoms with Gasteiger partial charge in [0.15, 0.2) is 5.97 Å². The molecule has 2 aromatic heterocycles. The molecular formula is C43H53I3N5O6ReRfRh2-3. The smallest absolute Gasteiger partial charge is 0.265 e. The van der Waals surface area contributed by atoms with Gasteiger partial charge >= 0.3 is 54.0 Å². The molecule has 2 saturated heterocycles. The first kappa shape index (κ1) is 52.7. The zero-order chi connectivity index (χ0) is 40.0. The number of hydrogen-bond donors (Lipinski definition) is 1. The Labute approximate surface area is 419 Å². The summed E-state index contributed by atoms with van der Waals surface area (Å²) in [6.07, 6.45) is 12.2. The van der Waals surface area contributed by atoms with Crippen LogP contribution in [0.1, 0.15) is 73.1 Å². The van der Waals surface area contributed by atoms with E-state index in [0.717, 1.165) is 51.1 Å². The molecule has 4 aromatic rings. The number of esters is 1. The van der Waals surface area contributed by atoms with Crippen molar-refractivity contribution in [2.75, 3.05) is 31.1 Å². The van der Waals surface area contributed by atoms with Crippen LogP contribution >= 0.6 is 49.1 Å². The predicted molar refractivity (Wildman–Crippen MR) is 248 cm³/mol. The number of aryl methyl sites for hydroxylation is 2. The molecule has 2 aromatic carbocycles. The Bertz CT molecular complexity index is 2110. The van der Waals surface area contributed by atoms with Crippen LogP contribution < -0.4 is 0 Å². The van der Waals surface area contributed by atoms with Crippen LogP contribution in [0.25, 0.3) is 21.8 Å². The number of aliphatic hydroxyl groups excluding tert-OH is 1. The Hall–Kier alpha value is -0.961. The van der Waals surface area contributed by atoms with Gasteiger partial charge in [0.1, 0.15) is 0 Å². The molecule has 4 aliphatic heterocycles. The van der Waals surface area contributed by atoms with Crippen molar-refractivity contribution >= 4 is 76.9 Å². The first-order chi connectivity index (χ1) is 27.5. The number of para-hydroxylation sites is 2. The number of hydrogen-bond acceptors (Lipinski definition) is 8. The molecule has 6 aliphatic rings. The van der Waals surface area contributed by atoms with Gasteiger partial charge in [0.2, 0.25) is 0 Å². The molecule has 0 amide bonds. The molecule has 2 saturated carbocycles. The van der Waals surface area contributed by atoms with Crippen LogP contribution in [0, 0.1) is 53.2 Å². The molecule has 10 rings (SSSR count). The van der Waals surface area contributed by atoms with Crippen molar-refractivity contribution in [2.24, 2.45) is 37.8 Å². The average Bonchev–Trinajstić information content (AvgIpc) is 3.66. The number of alkyl halides is 1. The SMILES string of the molecule is CI(I)I.Cn1c2c(c3ccccc31)CCN1CC3CC[C@H](O)[CH-]C3CC21.Cn1c2c(c3ccccc31)CCN1CC3CC[C@H](OC(=O)[CH-]O[N+](=O)[O-])[CH-]C3CC21.[Re].[Rf].[Rh].[Rh]. The maximum atomic E-state index is 11.8. The number of piperidine rings is 2. The minimum Gasteiger partial charge on any atom is -0.516 e. The Morgan fingerprint density at radius 2 is 1.30 bits per heavy atom. The second-order valence-electron chi connectivity index (χ2n) is 16.6. The Balaban J connectivity index is 0.000000238. The first-order valence-corrected chi connectivity index (χ1v) is 35.0. The fourth-order valence-corrected chi connectivity index (χ4v) is 11.2. The summed E-state index contributed by atoms with van der Waals surface area (Å²) in [6, 6.07) is 18.4. The standard InChI is InChI=1S/C22H25N3O5.C20H25N2O.CH3I3.Re.Rf.2Rh/c1-23-19-5-3-2-4-17(19)18-8-9-24-12-14-6-7-16(30-21(26)13-29-25(27)28)10-15(14)11-20(24)22(18)23;1-21-18-5-3-2-4-16(18)17-8-9-22-12-13-6-7-15(23)10-14(13)11-19(22)20(17)21;1-4(2)3;;;;/h2-5,10,13-16,20H,6-9,11-12H2,1H3;2-5,10,13-15,19,23H,6-9,11-12H2,1H3;1H3;;;;/q-2;-1;;;;;/t14?,15?,16-,20?;13?,14?,15-,19?;;;;;/m00...../s1. The number of fused-ring (bicyclic) bond motifs is 12. The van der Waals surface area contributed by atoms with Gasteiger partial charge in [-0.1, -0.05) is 86.4 Å². The summed E-state index contributed by atoms with van der Waals surface area (Å²) in [7, 11) is 4.40. The zero-order valence-electron chi connectivity index (χ0n) is 34.6. The molecule has 1 N–H and O–H groups in total. The summed E-state index contributed by atoms with van der Waals surface area (Å²) < 4.78 is 10.2. The third-order valence-corrected chi connectivity index (χ3v) is 13.6. The maximum absolute atomic E-state index is 11.8. The Kier molecular flexibility index (Phi) is 19.8. The number of halogens is 3. The summed E-state index contributed by atoms with van der Waals surface area (Å²) in [5.41, 5.74) is 8.64. The quantitative estimate of drug-likeness (QED) is 0.0410. The predicted octanol–water partition coefficient (Wildman–Crippen LogP) is 8.88. The van der Waals surface area contributed by atoms with Gasteiger partial charge in [-0.25, -0.2) is 0 Å². The van der Waals surface area contributed by atoms with Gasteiger partial charge < -0.3 is 23.8 Å². The van der Waals surface area contributed by atoms with E-state index in [2.05, 4.69) is 141 Å². The number of aromatic nitrogens is 2. The van der Waals surface area contributed by atoms with E-state index in [9.17, 15) is 20.0 Å². The van der Waals surface area contributed by atoms with Crippen LogP contribution in [0.2, 0.25) is 0 Å². The van der Waals surface area contributed by atoms with Crippen molar-refractivity contribution in [2.45, 2.75) is 75.7 Å². The van der Waals surface area contributed by atoms with Crippen LogP contribution in [0.15, 0.2) is 48.5 Å². The van der Waals surface area contributed by atoms with Crippen LogP contribution in [0.4, 0.5) is 0 Å². The van der Waals surface area contributed by atoms with Crippen LogP contribution in [0.5, 0.6) is 0 Å². The summed E-state index contributed by atoms with van der Waals surface area (Å²) in [4.78, 5) is 33.7. The van der Waals surface area contributed by atoms with Crippen molar-refractivity contribution in [1.82, 2.24) is 18.9 Å². The van der Waals surface area contributed by atoms with Gasteiger partial charge in [-0.3, -0.25) is 27.4 Å². The Morgan fingerprint density at radius 1 is 0.836 bits per heavy atom. The van der Waals surface area contributed by atoms with Crippen LogP contribution in [0.3, 0.4) is 0 Å². The number of rotatable bonds is 4. The van der Waals surface area contributed by atoms with Crippen LogP contribution in [-0.2, 0) is 101 Å². The summed E-state index contributed by atoms with van der Waals surface area (Å²) >= 11 is 4.65. The van der Waals surface area contributed by atoms with E-state index in [1.54, 1.807) is 5.56 Å². The summed E-state index contributed by atoms with van der Waals surface area (Å²) in [5, 5.41) is 22.1. The van der Waals surface area contributed by atoms with Crippen molar-refractivity contribution in [3.05, 3.63) is 101 Å². The molecule has 4 fully saturated rings. The van der Waals surface area contributed by atoms with E-state index in [4.69, 9.17) is 4.74 Å². The molecule has 11 nitrogen and oxygen atoms in total. The third-order valence-electron chi connectivity index (χ3n) is 13.6. The summed E-state index contributed by atoms with van der Waals surface area (Å²) in [6.45, 7) is 5.06. The molecule has 3 radical (unpaired) electrons. The number of carbonyl (C=O) groups excluding carboxylic acids is 1. The van der Waals surface area contributed by atoms with Crippen LogP contribution in [-0.4, -0.2) is 78.4 Å². The normalized spacial score (nSPS) is 27.4. The summed E-state index contributed by atoms with van der Waals surface area (Å²) in [5.74, 6) is 1.46. The molecule has 6 heterocycles. The number of carbonyl (C=O) groups is 1. The van der Waals surface area contributed by atoms with Crippen molar-refractivity contribution in [1.29, 1.82) is 0 Å². The molecular weight excluding hydrogens is 1720 g/mol. The molecule has 6 unspecified atom stereocenters. The molecule has 0 bridgehead atoms. The van der Waals surface area contributed by atoms with Crippen molar-refractivity contribution < 1.29 is 83.9 Å². The second-order valence-corrected chi connectivity index (χ2v) is 45.4. The third kappa shape index (κ3) is 11.4. The number of benzene rings is 2. The van der Waals surface area contributed by atoms with E-state index in [-0.39, 0.29) is 83.5 Å². The minimum absolute atomic E-state index is 0. The number of ether oxygens (including phenoxy) is 1. The van der Waals surface area contributed by atoms with Gasteiger partial charge in [-0.2, -0.15) is 11.8 Å². The van der Waals surface area contributed by atoms with Gasteiger partial charge in [-0.15, -0.1) is 16.7 Å². The van der Waals surface area contributed by atoms with Gasteiger partial charge in [0.05, 0.1) is 0 Å². The Morgan fingerprint density at radius 3 is 1.79 bits per heavy atom. The van der Waals surface area contributed by atoms with Gasteiger partial charge in [0.25, 0.3) is 5.09 Å². The fourth-order valence-electron chi connectivity index (χ4n) is 11.2. The number of nitrogens with zero attached hydrogens (tertiary/aromatic N) is 5. The maximum Gasteiger partial charge on any atom is 0.265 e. The largest absolute Gasteiger partial charge is 0.516 e. The molecule has 0 spiro atoms. The van der Waals surface area contributed by atoms with Crippen molar-refractivity contribution in [3.63, 3.8) is 0 Å². The monoisotopic (exact) mass is 1780 g/mol. The molecule has 18 heteroatoms. The average molecular weight is 1780 g/mol. The van der Waals surface area contributed by atoms with E-state index in [1.807, 2.05) is 0 Å². The van der Waals surface area contributed by atoms with Crippen molar-refractivity contribution in [3.8, 4) is 0 Å². The second kappa shape index (κ2) is 23.0. The molecule has 337 valence electrons. The topological polar surface area (TPSA) is 115 Å². The fraction of sp³-hybridized carbons (Fsp3) is 0.535. The first-order valence-electron chi connectivity index (χ1n) is 20.2. The van der Waals surface area contributed by atoms with E-state index >= 15 is 0 Å². The van der Waals surface area contributed by atoms with Gasteiger partial charge in [0, 0.05) is 132 Å². The zero-order valence-corrected chi connectivity index (χ0v) is 53.4. The van der Waals surface area contributed by atoms with E-state index in [1.165, 1.54) is 71.1 Å². The molecule has 8 atom stereocenters. The van der Waals surface area contributed by atoms with E-state index in [0.29, 0.717) is 36.4 Å². The number of aliphatic hydroxyl groups is 1.